The number of aryl methyl sites for hydroxylation is 2. The number of aromatic amines is 2. The first-order chi connectivity index (χ1) is 21.8. The Balaban J connectivity index is 1.59. The quantitative estimate of drug-likeness (QED) is 0.0934. The molecule has 2 aliphatic heterocycles. The van der Waals surface area contributed by atoms with Gasteiger partial charge in [-0.1, -0.05) is 0 Å². The van der Waals surface area contributed by atoms with E-state index in [1.807, 2.05) is 0 Å². The van der Waals surface area contributed by atoms with Crippen LogP contribution in [0.4, 0.5) is 0 Å². The van der Waals surface area contributed by atoms with Gasteiger partial charge in [0.2, 0.25) is 5.79 Å². The minimum absolute atomic E-state index is 0.117. The molecule has 2 saturated heterocycles. The SMILES string of the molecule is Cc1cn([C@H]2C[C@H](O)[C@@H](C(O)OP(=O)(O[C@@]3(O)C[C@H](n4cc(C)c(=O)[nH]c4=O)O[C@@H]3CO)SCOC(=O)C(C)(C)C)O2)c(=O)[nH]c1=O. The molecule has 0 spiro atoms. The molecular formula is C26H37N4O15PS. The number of hydrogen-bond acceptors (Lipinski definition) is 16. The highest BCUT2D eigenvalue weighted by Gasteiger charge is 2.55. The van der Waals surface area contributed by atoms with Gasteiger partial charge < -0.3 is 34.6 Å². The Hall–Kier alpha value is -2.91. The van der Waals surface area contributed by atoms with E-state index in [1.54, 1.807) is 20.8 Å². The summed E-state index contributed by atoms with van der Waals surface area (Å²) < 4.78 is 43.3. The zero-order valence-electron chi connectivity index (χ0n) is 26.0. The number of aliphatic hydroxyl groups excluding tert-OH is 3. The monoisotopic (exact) mass is 708 g/mol. The van der Waals surface area contributed by atoms with Crippen LogP contribution >= 0.6 is 18.2 Å². The molecule has 4 rings (SSSR count). The van der Waals surface area contributed by atoms with Gasteiger partial charge in [-0.3, -0.25) is 42.5 Å². The molecule has 2 aliphatic rings. The second kappa shape index (κ2) is 13.9. The topological polar surface area (TPSA) is 271 Å². The Morgan fingerprint density at radius 2 is 1.64 bits per heavy atom. The molecule has 262 valence electrons. The standard InChI is InChI=1S/C26H37N4O15PS/c1-12-8-29(23(37)27-19(12)33)16-6-14(32)18(43-16)21(35)44-46(40,47-11-41-22(36)25(3,4)5)45-26(39)7-17(42-15(26)10-31)30-9-13(2)20(34)28-24(30)38/h8-9,14-18,21,31-32,35,39H,6-7,10-11H2,1-5H3,(H,27,33,37)(H,28,34,38)/t14-,15+,16+,17+,18-,21?,26-,46?/m0/s1. The fraction of sp³-hybridized carbons (Fsp3) is 0.654. The molecule has 2 fully saturated rings. The number of H-pyrrole nitrogens is 2. The third kappa shape index (κ3) is 8.22. The van der Waals surface area contributed by atoms with Gasteiger partial charge in [-0.05, 0) is 34.6 Å². The number of nitrogens with zero attached hydrogens (tertiary/aromatic N) is 2. The normalized spacial score (nSPS) is 28.2. The van der Waals surface area contributed by atoms with Gasteiger partial charge in [-0.15, -0.1) is 0 Å². The Morgan fingerprint density at radius 1 is 1.09 bits per heavy atom. The number of aromatic nitrogens is 4. The minimum Gasteiger partial charge on any atom is -0.454 e. The van der Waals surface area contributed by atoms with Crippen LogP contribution in [-0.4, -0.2) is 88.4 Å². The lowest BCUT2D eigenvalue weighted by Gasteiger charge is -2.32. The zero-order valence-corrected chi connectivity index (χ0v) is 27.7. The summed E-state index contributed by atoms with van der Waals surface area (Å²) in [7, 11) is 0. The summed E-state index contributed by atoms with van der Waals surface area (Å²) in [5.74, 6) is -4.04. The first-order valence-electron chi connectivity index (χ1n) is 14.2. The maximum atomic E-state index is 14.2. The summed E-state index contributed by atoms with van der Waals surface area (Å²) in [6.07, 6.45) is -8.15. The van der Waals surface area contributed by atoms with Crippen LogP contribution in [0.1, 0.15) is 57.2 Å². The summed E-state index contributed by atoms with van der Waals surface area (Å²) >= 11 is 0.225. The predicted molar refractivity (Wildman–Crippen MR) is 161 cm³/mol. The van der Waals surface area contributed by atoms with E-state index >= 15 is 0 Å². The van der Waals surface area contributed by atoms with E-state index in [1.165, 1.54) is 20.0 Å². The number of carbonyl (C=O) groups excluding carboxylic acids is 1. The molecule has 2 aromatic heterocycles. The molecule has 21 heteroatoms. The summed E-state index contributed by atoms with van der Waals surface area (Å²) in [6.45, 7) is 1.71. The number of hydrogen-bond donors (Lipinski definition) is 6. The van der Waals surface area contributed by atoms with Crippen molar-refractivity contribution in [2.45, 2.75) is 90.3 Å². The number of rotatable bonds is 11. The lowest BCUT2D eigenvalue weighted by molar-refractivity contribution is -0.199. The van der Waals surface area contributed by atoms with Crippen molar-refractivity contribution in [2.24, 2.45) is 5.41 Å². The first kappa shape index (κ1) is 36.9. The van der Waals surface area contributed by atoms with Crippen molar-refractivity contribution in [1.82, 2.24) is 19.1 Å². The van der Waals surface area contributed by atoms with Crippen LogP contribution in [0.3, 0.4) is 0 Å². The van der Waals surface area contributed by atoms with Gasteiger partial charge in [0.05, 0.1) is 24.5 Å². The van der Waals surface area contributed by atoms with Crippen LogP contribution in [0.5, 0.6) is 0 Å². The van der Waals surface area contributed by atoms with Gasteiger partial charge in [0.25, 0.3) is 11.1 Å². The van der Waals surface area contributed by atoms with Crippen LogP contribution in [0, 0.1) is 19.3 Å². The summed E-state index contributed by atoms with van der Waals surface area (Å²) in [4.78, 5) is 64.9. The second-order valence-corrected chi connectivity index (χ2v) is 16.0. The van der Waals surface area contributed by atoms with Crippen molar-refractivity contribution in [3.05, 3.63) is 65.2 Å². The molecule has 47 heavy (non-hydrogen) atoms. The molecule has 0 saturated carbocycles. The number of ether oxygens (including phenoxy) is 3. The molecule has 0 aliphatic carbocycles. The molecule has 2 unspecified atom stereocenters. The molecule has 0 aromatic carbocycles. The third-order valence-corrected chi connectivity index (χ3v) is 10.6. The van der Waals surface area contributed by atoms with E-state index in [9.17, 15) is 49.0 Å². The number of nitrogens with one attached hydrogen (secondary N) is 2. The molecule has 6 N–H and O–H groups in total. The Labute approximate surface area is 269 Å². The molecular weight excluding hydrogens is 671 g/mol. The van der Waals surface area contributed by atoms with E-state index in [2.05, 4.69) is 9.97 Å². The summed E-state index contributed by atoms with van der Waals surface area (Å²) in [5, 5.41) is 43.1. The molecule has 19 nitrogen and oxygen atoms in total. The van der Waals surface area contributed by atoms with Crippen LogP contribution in [0.15, 0.2) is 31.6 Å². The smallest absolute Gasteiger partial charge is 0.397 e. The Bertz CT molecular complexity index is 1770. The highest BCUT2D eigenvalue weighted by molar-refractivity contribution is 8.55. The fourth-order valence-electron chi connectivity index (χ4n) is 4.70. The third-order valence-electron chi connectivity index (χ3n) is 7.31. The van der Waals surface area contributed by atoms with Gasteiger partial charge in [-0.2, -0.15) is 0 Å². The van der Waals surface area contributed by atoms with Gasteiger partial charge in [0.1, 0.15) is 30.6 Å². The van der Waals surface area contributed by atoms with E-state index < -0.39 is 102 Å². The largest absolute Gasteiger partial charge is 0.454 e. The van der Waals surface area contributed by atoms with E-state index in [4.69, 9.17) is 23.3 Å². The van der Waals surface area contributed by atoms with Gasteiger partial charge in [0.15, 0.2) is 6.29 Å². The highest BCUT2D eigenvalue weighted by atomic mass is 32.7. The lowest BCUT2D eigenvalue weighted by Crippen LogP contribution is -2.43. The van der Waals surface area contributed by atoms with E-state index in [-0.39, 0.29) is 28.9 Å². The maximum Gasteiger partial charge on any atom is 0.397 e. The zero-order chi connectivity index (χ0) is 35.1. The average Bonchev–Trinajstić information content (AvgIpc) is 3.50. The van der Waals surface area contributed by atoms with E-state index in [0.29, 0.717) is 0 Å². The van der Waals surface area contributed by atoms with Crippen molar-refractivity contribution >= 4 is 24.1 Å². The second-order valence-electron chi connectivity index (χ2n) is 12.1. The predicted octanol–water partition coefficient (Wildman–Crippen LogP) is -0.940. The highest BCUT2D eigenvalue weighted by Crippen LogP contribution is 2.65. The van der Waals surface area contributed by atoms with Gasteiger partial charge in [0, 0.05) is 41.3 Å². The molecule has 0 bridgehead atoms. The molecule has 8 atom stereocenters. The number of esters is 1. The summed E-state index contributed by atoms with van der Waals surface area (Å²) in [5.41, 5.74) is -3.76. The average molecular weight is 709 g/mol. The Kier molecular flexibility index (Phi) is 10.9. The molecule has 0 amide bonds. The van der Waals surface area contributed by atoms with Crippen molar-refractivity contribution in [2.75, 3.05) is 12.5 Å². The van der Waals surface area contributed by atoms with E-state index in [0.717, 1.165) is 15.3 Å². The lowest BCUT2D eigenvalue weighted by atomic mass is 9.98. The first-order valence-corrected chi connectivity index (χ1v) is 17.4. The van der Waals surface area contributed by atoms with Crippen LogP contribution in [-0.2, 0) is 32.6 Å². The number of aliphatic hydroxyl groups is 4. The minimum atomic E-state index is -4.90. The molecule has 4 heterocycles. The van der Waals surface area contributed by atoms with Crippen molar-refractivity contribution in [3.63, 3.8) is 0 Å². The van der Waals surface area contributed by atoms with Crippen LogP contribution in [0.25, 0.3) is 0 Å². The maximum absolute atomic E-state index is 14.2. The van der Waals surface area contributed by atoms with Crippen LogP contribution < -0.4 is 22.5 Å². The number of carbonyl (C=O) groups is 1. The van der Waals surface area contributed by atoms with Crippen molar-refractivity contribution in [1.29, 1.82) is 0 Å². The molecule has 0 radical (unpaired) electrons. The van der Waals surface area contributed by atoms with Gasteiger partial charge in [-0.25, -0.2) is 14.2 Å². The summed E-state index contributed by atoms with van der Waals surface area (Å²) in [6, 6.07) is 0. The van der Waals surface area contributed by atoms with Gasteiger partial charge >= 0.3 is 24.1 Å². The fourth-order valence-corrected chi connectivity index (χ4v) is 7.65. The van der Waals surface area contributed by atoms with Crippen molar-refractivity contribution < 1.29 is 53.0 Å². The molecule has 2 aromatic rings. The Morgan fingerprint density at radius 3 is 2.17 bits per heavy atom. The van der Waals surface area contributed by atoms with Crippen LogP contribution in [0.2, 0.25) is 0 Å². The van der Waals surface area contributed by atoms with Crippen molar-refractivity contribution in [3.8, 4) is 0 Å².